The average molecular weight is 260 g/mol. The summed E-state index contributed by atoms with van der Waals surface area (Å²) in [6.07, 6.45) is 1.53. The molecule has 1 fully saturated rings. The van der Waals surface area contributed by atoms with Gasteiger partial charge in [0.2, 0.25) is 5.89 Å². The summed E-state index contributed by atoms with van der Waals surface area (Å²) in [6, 6.07) is 0. The minimum absolute atomic E-state index is 0.00766. The van der Waals surface area contributed by atoms with Crippen molar-refractivity contribution in [2.24, 2.45) is 0 Å². The van der Waals surface area contributed by atoms with Gasteiger partial charge in [-0.1, -0.05) is 11.6 Å². The molecule has 1 unspecified atom stereocenters. The van der Waals surface area contributed by atoms with Crippen LogP contribution in [0.25, 0.3) is 0 Å². The van der Waals surface area contributed by atoms with E-state index in [0.717, 1.165) is 6.42 Å². The zero-order chi connectivity index (χ0) is 12.5. The quantitative estimate of drug-likeness (QED) is 0.833. The van der Waals surface area contributed by atoms with E-state index < -0.39 is 21.1 Å². The summed E-state index contributed by atoms with van der Waals surface area (Å²) in [5.41, 5.74) is 0. The monoisotopic (exact) mass is 260 g/mol. The summed E-state index contributed by atoms with van der Waals surface area (Å²) in [4.78, 5) is 14.3. The molecule has 0 bridgehead atoms. The van der Waals surface area contributed by atoms with Crippen molar-refractivity contribution in [1.82, 2.24) is 10.1 Å². The van der Waals surface area contributed by atoms with Gasteiger partial charge in [-0.15, -0.1) is 0 Å². The van der Waals surface area contributed by atoms with Gasteiger partial charge >= 0.3 is 5.97 Å². The normalized spacial score (nSPS) is 23.4. The average Bonchev–Trinajstić information content (AvgIpc) is 2.64. The Morgan fingerprint density at radius 3 is 2.88 bits per heavy atom. The van der Waals surface area contributed by atoms with E-state index in [1.165, 1.54) is 0 Å². The molecule has 2 heterocycles. The molecule has 0 spiro atoms. The second-order valence-electron chi connectivity index (χ2n) is 3.97. The summed E-state index contributed by atoms with van der Waals surface area (Å²) in [6.45, 7) is 0. The number of sulfone groups is 1. The van der Waals surface area contributed by atoms with E-state index in [1.807, 2.05) is 0 Å². The first-order chi connectivity index (χ1) is 7.99. The molecule has 1 aromatic heterocycles. The smallest absolute Gasteiger partial charge is 0.311 e. The third-order valence-corrected chi connectivity index (χ3v) is 4.81. The van der Waals surface area contributed by atoms with Crippen LogP contribution in [0.4, 0.5) is 0 Å². The maximum atomic E-state index is 11.8. The zero-order valence-electron chi connectivity index (χ0n) is 9.00. The molecule has 1 saturated heterocycles. The third kappa shape index (κ3) is 2.63. The van der Waals surface area contributed by atoms with E-state index in [9.17, 15) is 13.2 Å². The molecule has 1 atom stereocenters. The van der Waals surface area contributed by atoms with E-state index in [1.54, 1.807) is 0 Å². The topological polar surface area (TPSA) is 110 Å². The lowest BCUT2D eigenvalue weighted by Gasteiger charge is -2.18. The van der Waals surface area contributed by atoms with Gasteiger partial charge in [-0.25, -0.2) is 8.42 Å². The second-order valence-corrected chi connectivity index (χ2v) is 6.27. The molecule has 7 nitrogen and oxygen atoms in total. The van der Waals surface area contributed by atoms with Crippen molar-refractivity contribution in [2.45, 2.75) is 30.9 Å². The minimum Gasteiger partial charge on any atom is -0.481 e. The highest BCUT2D eigenvalue weighted by molar-refractivity contribution is 7.91. The fraction of sp³-hybridized carbons (Fsp3) is 0.667. The van der Waals surface area contributed by atoms with Crippen molar-refractivity contribution < 1.29 is 22.8 Å². The summed E-state index contributed by atoms with van der Waals surface area (Å²) >= 11 is 0. The van der Waals surface area contributed by atoms with Crippen molar-refractivity contribution in [3.8, 4) is 0 Å². The van der Waals surface area contributed by atoms with Crippen molar-refractivity contribution >= 4 is 15.8 Å². The molecule has 17 heavy (non-hydrogen) atoms. The van der Waals surface area contributed by atoms with Gasteiger partial charge in [-0.05, 0) is 12.8 Å². The van der Waals surface area contributed by atoms with Crippen LogP contribution in [0.1, 0.15) is 36.2 Å². The van der Waals surface area contributed by atoms with Crippen molar-refractivity contribution in [3.63, 3.8) is 0 Å². The Hall–Kier alpha value is -1.44. The molecule has 0 saturated carbocycles. The molecule has 1 N–H and O–H groups in total. The van der Waals surface area contributed by atoms with Gasteiger partial charge in [0.15, 0.2) is 15.7 Å². The number of rotatable bonds is 3. The fourth-order valence-corrected chi connectivity index (χ4v) is 3.66. The van der Waals surface area contributed by atoms with Gasteiger partial charge in [0.1, 0.15) is 11.7 Å². The van der Waals surface area contributed by atoms with Gasteiger partial charge in [0.25, 0.3) is 0 Å². The Morgan fingerprint density at radius 2 is 2.24 bits per heavy atom. The molecule has 0 amide bonds. The van der Waals surface area contributed by atoms with Crippen molar-refractivity contribution in [3.05, 3.63) is 11.7 Å². The van der Waals surface area contributed by atoms with Crippen LogP contribution < -0.4 is 0 Å². The van der Waals surface area contributed by atoms with E-state index in [4.69, 9.17) is 9.63 Å². The maximum absolute atomic E-state index is 11.8. The Labute approximate surface area is 97.7 Å². The summed E-state index contributed by atoms with van der Waals surface area (Å²) in [5, 5.41) is 11.2. The third-order valence-electron chi connectivity index (χ3n) is 2.65. The first-order valence-corrected chi connectivity index (χ1v) is 6.96. The zero-order valence-corrected chi connectivity index (χ0v) is 9.81. The van der Waals surface area contributed by atoms with Crippen LogP contribution in [0, 0.1) is 0 Å². The van der Waals surface area contributed by atoms with Gasteiger partial charge in [0.05, 0.1) is 5.75 Å². The highest BCUT2D eigenvalue weighted by Gasteiger charge is 2.34. The highest BCUT2D eigenvalue weighted by atomic mass is 32.2. The lowest BCUT2D eigenvalue weighted by Crippen LogP contribution is -2.21. The van der Waals surface area contributed by atoms with Gasteiger partial charge in [0, 0.05) is 0 Å². The van der Waals surface area contributed by atoms with Gasteiger partial charge < -0.3 is 9.63 Å². The van der Waals surface area contributed by atoms with Crippen LogP contribution in [-0.4, -0.2) is 35.4 Å². The SMILES string of the molecule is O=C(O)Cc1noc(C2CCCCS2(=O)=O)n1. The maximum Gasteiger partial charge on any atom is 0.311 e. The number of carbonyl (C=O) groups is 1. The van der Waals surface area contributed by atoms with Crippen LogP contribution in [-0.2, 0) is 21.1 Å². The predicted octanol–water partition coefficient (Wildman–Crippen LogP) is 0.337. The Morgan fingerprint density at radius 1 is 1.47 bits per heavy atom. The molecule has 1 aliphatic rings. The Bertz CT molecular complexity index is 521. The predicted molar refractivity (Wildman–Crippen MR) is 56.0 cm³/mol. The molecule has 0 radical (unpaired) electrons. The van der Waals surface area contributed by atoms with E-state index in [0.29, 0.717) is 12.8 Å². The number of hydrogen-bond acceptors (Lipinski definition) is 6. The number of aliphatic carboxylic acids is 1. The Balaban J connectivity index is 2.22. The number of aromatic nitrogens is 2. The number of carboxylic acid groups (broad SMARTS) is 1. The molecular formula is C9H12N2O5S. The lowest BCUT2D eigenvalue weighted by molar-refractivity contribution is -0.136. The lowest BCUT2D eigenvalue weighted by atomic mass is 10.2. The molecule has 94 valence electrons. The van der Waals surface area contributed by atoms with Crippen LogP contribution in [0.5, 0.6) is 0 Å². The summed E-state index contributed by atoms with van der Waals surface area (Å²) in [7, 11) is -3.24. The van der Waals surface area contributed by atoms with Gasteiger partial charge in [-0.3, -0.25) is 4.79 Å². The fourth-order valence-electron chi connectivity index (χ4n) is 1.84. The molecule has 0 aliphatic carbocycles. The number of carboxylic acids is 1. The number of nitrogens with zero attached hydrogens (tertiary/aromatic N) is 2. The van der Waals surface area contributed by atoms with Crippen LogP contribution >= 0.6 is 0 Å². The largest absolute Gasteiger partial charge is 0.481 e. The molecule has 1 aromatic rings. The van der Waals surface area contributed by atoms with Gasteiger partial charge in [-0.2, -0.15) is 4.98 Å². The van der Waals surface area contributed by atoms with Crippen LogP contribution in [0.2, 0.25) is 0 Å². The molecule has 1 aliphatic heterocycles. The molecular weight excluding hydrogens is 248 g/mol. The van der Waals surface area contributed by atoms with Crippen molar-refractivity contribution in [2.75, 3.05) is 5.75 Å². The molecule has 2 rings (SSSR count). The van der Waals surface area contributed by atoms with E-state index in [-0.39, 0.29) is 23.9 Å². The first-order valence-electron chi connectivity index (χ1n) is 5.25. The highest BCUT2D eigenvalue weighted by Crippen LogP contribution is 2.32. The molecule has 8 heteroatoms. The number of hydrogen-bond donors (Lipinski definition) is 1. The standard InChI is InChI=1S/C9H12N2O5S/c12-8(13)5-7-10-9(16-11-7)6-3-1-2-4-17(6,14)15/h6H,1-5H2,(H,12,13). The summed E-state index contributed by atoms with van der Waals surface area (Å²) in [5.74, 6) is -0.938. The van der Waals surface area contributed by atoms with Crippen LogP contribution in [0.15, 0.2) is 4.52 Å². The minimum atomic E-state index is -3.24. The first kappa shape index (κ1) is 12.0. The van der Waals surface area contributed by atoms with E-state index in [2.05, 4.69) is 10.1 Å². The van der Waals surface area contributed by atoms with Crippen molar-refractivity contribution in [1.29, 1.82) is 0 Å². The van der Waals surface area contributed by atoms with Crippen LogP contribution in [0.3, 0.4) is 0 Å². The Kier molecular flexibility index (Phi) is 3.14. The summed E-state index contributed by atoms with van der Waals surface area (Å²) < 4.78 is 28.4. The van der Waals surface area contributed by atoms with E-state index >= 15 is 0 Å². The molecule has 0 aromatic carbocycles. The second kappa shape index (κ2) is 4.44.